The monoisotopic (exact) mass is 328 g/mol. The van der Waals surface area contributed by atoms with Crippen molar-refractivity contribution in [1.82, 2.24) is 0 Å². The minimum absolute atomic E-state index is 0.0668. The zero-order valence-corrected chi connectivity index (χ0v) is 12.4. The lowest BCUT2D eigenvalue weighted by Crippen LogP contribution is -2.11. The third kappa shape index (κ3) is 6.96. The van der Waals surface area contributed by atoms with Gasteiger partial charge in [-0.3, -0.25) is 9.59 Å². The van der Waals surface area contributed by atoms with E-state index in [0.717, 1.165) is 10.0 Å². The van der Waals surface area contributed by atoms with Gasteiger partial charge in [-0.2, -0.15) is 0 Å². The van der Waals surface area contributed by atoms with Gasteiger partial charge in [0.25, 0.3) is 0 Å². The molecule has 0 N–H and O–H groups in total. The van der Waals surface area contributed by atoms with Crippen LogP contribution in [0.25, 0.3) is 0 Å². The van der Waals surface area contributed by atoms with Crippen molar-refractivity contribution in [2.24, 2.45) is 0 Å². The minimum Gasteiger partial charge on any atom is -0.466 e. The lowest BCUT2D eigenvalue weighted by atomic mass is 10.2. The molecule has 0 atom stereocenters. The van der Waals surface area contributed by atoms with Gasteiger partial charge in [0.05, 0.1) is 26.1 Å². The van der Waals surface area contributed by atoms with Crippen LogP contribution in [0.5, 0.6) is 0 Å². The first-order valence-corrected chi connectivity index (χ1v) is 6.96. The standard InChI is InChI=1S/C14H17BrO4/c1-2-18-13(16)6-7-14(17)19-9-8-11-4-3-5-12(15)10-11/h3-5,10H,2,6-9H2,1H3. The number of hydrogen-bond acceptors (Lipinski definition) is 4. The molecule has 0 saturated carbocycles. The van der Waals surface area contributed by atoms with Crippen molar-refractivity contribution >= 4 is 27.9 Å². The summed E-state index contributed by atoms with van der Waals surface area (Å²) in [5.41, 5.74) is 1.09. The van der Waals surface area contributed by atoms with Crippen molar-refractivity contribution in [3.05, 3.63) is 34.3 Å². The number of carbonyl (C=O) groups is 2. The Morgan fingerprint density at radius 3 is 2.47 bits per heavy atom. The number of hydrogen-bond donors (Lipinski definition) is 0. The lowest BCUT2D eigenvalue weighted by Gasteiger charge is -2.05. The maximum absolute atomic E-state index is 11.4. The van der Waals surface area contributed by atoms with Gasteiger partial charge in [-0.05, 0) is 24.6 Å². The van der Waals surface area contributed by atoms with Gasteiger partial charge in [0.15, 0.2) is 0 Å². The van der Waals surface area contributed by atoms with Crippen LogP contribution in [0.2, 0.25) is 0 Å². The van der Waals surface area contributed by atoms with Crippen LogP contribution in [-0.4, -0.2) is 25.2 Å². The molecule has 0 saturated heterocycles. The Morgan fingerprint density at radius 1 is 1.16 bits per heavy atom. The van der Waals surface area contributed by atoms with Gasteiger partial charge >= 0.3 is 11.9 Å². The van der Waals surface area contributed by atoms with E-state index in [9.17, 15) is 9.59 Å². The smallest absolute Gasteiger partial charge is 0.306 e. The summed E-state index contributed by atoms with van der Waals surface area (Å²) in [6.07, 6.45) is 0.797. The highest BCUT2D eigenvalue weighted by atomic mass is 79.9. The van der Waals surface area contributed by atoms with Crippen LogP contribution < -0.4 is 0 Å². The molecule has 0 fully saturated rings. The second kappa shape index (κ2) is 8.69. The molecule has 19 heavy (non-hydrogen) atoms. The van der Waals surface area contributed by atoms with Gasteiger partial charge in [-0.25, -0.2) is 0 Å². The SMILES string of the molecule is CCOC(=O)CCC(=O)OCCc1cccc(Br)c1. The Morgan fingerprint density at radius 2 is 1.84 bits per heavy atom. The van der Waals surface area contributed by atoms with Crippen LogP contribution in [0.4, 0.5) is 0 Å². The van der Waals surface area contributed by atoms with E-state index in [1.165, 1.54) is 0 Å². The molecule has 0 aliphatic carbocycles. The average Bonchev–Trinajstić information content (AvgIpc) is 2.37. The highest BCUT2D eigenvalue weighted by Gasteiger charge is 2.08. The summed E-state index contributed by atoms with van der Waals surface area (Å²) >= 11 is 3.38. The Labute approximate surface area is 121 Å². The normalized spacial score (nSPS) is 10.0. The van der Waals surface area contributed by atoms with Crippen LogP contribution in [-0.2, 0) is 25.5 Å². The Bertz CT molecular complexity index is 431. The molecule has 1 rings (SSSR count). The largest absolute Gasteiger partial charge is 0.466 e. The Balaban J connectivity index is 2.18. The number of ether oxygens (including phenoxy) is 2. The zero-order chi connectivity index (χ0) is 14.1. The highest BCUT2D eigenvalue weighted by Crippen LogP contribution is 2.12. The Kier molecular flexibility index (Phi) is 7.18. The summed E-state index contributed by atoms with van der Waals surface area (Å²) in [6.45, 7) is 2.38. The lowest BCUT2D eigenvalue weighted by molar-refractivity contribution is -0.150. The van der Waals surface area contributed by atoms with E-state index in [1.807, 2.05) is 24.3 Å². The van der Waals surface area contributed by atoms with Crippen molar-refractivity contribution in [2.75, 3.05) is 13.2 Å². The fraction of sp³-hybridized carbons (Fsp3) is 0.429. The van der Waals surface area contributed by atoms with Gasteiger partial charge in [0.2, 0.25) is 0 Å². The molecule has 0 aliphatic rings. The van der Waals surface area contributed by atoms with Crippen molar-refractivity contribution in [2.45, 2.75) is 26.2 Å². The van der Waals surface area contributed by atoms with Crippen molar-refractivity contribution in [1.29, 1.82) is 0 Å². The third-order valence-corrected chi connectivity index (χ3v) is 2.87. The Hall–Kier alpha value is -1.36. The summed E-state index contributed by atoms with van der Waals surface area (Å²) < 4.78 is 10.8. The van der Waals surface area contributed by atoms with Crippen molar-refractivity contribution in [3.8, 4) is 0 Å². The molecular weight excluding hydrogens is 312 g/mol. The van der Waals surface area contributed by atoms with Crippen LogP contribution in [0.3, 0.4) is 0 Å². The predicted octanol–water partition coefficient (Wildman–Crippen LogP) is 2.88. The minimum atomic E-state index is -0.372. The molecule has 1 aromatic rings. The van der Waals surface area contributed by atoms with E-state index in [2.05, 4.69) is 15.9 Å². The van der Waals surface area contributed by atoms with Gasteiger partial charge < -0.3 is 9.47 Å². The van der Waals surface area contributed by atoms with E-state index in [1.54, 1.807) is 6.92 Å². The molecule has 0 unspecified atom stereocenters. The molecule has 0 spiro atoms. The van der Waals surface area contributed by atoms with E-state index >= 15 is 0 Å². The number of rotatable bonds is 7. The topological polar surface area (TPSA) is 52.6 Å². The summed E-state index contributed by atoms with van der Waals surface area (Å²) in [6, 6.07) is 7.82. The highest BCUT2D eigenvalue weighted by molar-refractivity contribution is 9.10. The van der Waals surface area contributed by atoms with Crippen molar-refractivity contribution < 1.29 is 19.1 Å². The first kappa shape index (κ1) is 15.7. The van der Waals surface area contributed by atoms with Crippen molar-refractivity contribution in [3.63, 3.8) is 0 Å². The molecule has 1 aromatic carbocycles. The molecule has 0 bridgehead atoms. The number of halogens is 1. The number of benzene rings is 1. The van der Waals surface area contributed by atoms with Gasteiger partial charge in [0.1, 0.15) is 0 Å². The molecule has 104 valence electrons. The number of esters is 2. The maximum atomic E-state index is 11.4. The average molecular weight is 329 g/mol. The number of carbonyl (C=O) groups excluding carboxylic acids is 2. The van der Waals surface area contributed by atoms with Gasteiger partial charge in [0, 0.05) is 10.9 Å². The summed E-state index contributed by atoms with van der Waals surface area (Å²) in [4.78, 5) is 22.4. The van der Waals surface area contributed by atoms with Gasteiger partial charge in [-0.15, -0.1) is 0 Å². The fourth-order valence-electron chi connectivity index (χ4n) is 1.48. The molecule has 0 radical (unpaired) electrons. The fourth-order valence-corrected chi connectivity index (χ4v) is 1.93. The summed E-state index contributed by atoms with van der Waals surface area (Å²) in [7, 11) is 0. The second-order valence-electron chi connectivity index (χ2n) is 3.91. The van der Waals surface area contributed by atoms with E-state index in [-0.39, 0.29) is 24.8 Å². The maximum Gasteiger partial charge on any atom is 0.306 e. The van der Waals surface area contributed by atoms with Crippen LogP contribution >= 0.6 is 15.9 Å². The zero-order valence-electron chi connectivity index (χ0n) is 10.9. The summed E-state index contributed by atoms with van der Waals surface area (Å²) in [5.74, 6) is -0.741. The second-order valence-corrected chi connectivity index (χ2v) is 4.82. The van der Waals surface area contributed by atoms with E-state index in [0.29, 0.717) is 19.6 Å². The third-order valence-electron chi connectivity index (χ3n) is 2.38. The van der Waals surface area contributed by atoms with Crippen LogP contribution in [0.1, 0.15) is 25.3 Å². The van der Waals surface area contributed by atoms with Gasteiger partial charge in [-0.1, -0.05) is 28.1 Å². The molecule has 4 nitrogen and oxygen atoms in total. The summed E-state index contributed by atoms with van der Waals surface area (Å²) in [5, 5.41) is 0. The molecule has 0 heterocycles. The first-order valence-electron chi connectivity index (χ1n) is 6.17. The molecule has 5 heteroatoms. The molecule has 0 aromatic heterocycles. The van der Waals surface area contributed by atoms with Crippen LogP contribution in [0, 0.1) is 0 Å². The quantitative estimate of drug-likeness (QED) is 0.722. The molecular formula is C14H17BrO4. The first-order chi connectivity index (χ1) is 9.11. The van der Waals surface area contributed by atoms with Crippen LogP contribution in [0.15, 0.2) is 28.7 Å². The van der Waals surface area contributed by atoms with E-state index in [4.69, 9.17) is 9.47 Å². The van der Waals surface area contributed by atoms with E-state index < -0.39 is 0 Å². The molecule has 0 aliphatic heterocycles. The predicted molar refractivity (Wildman–Crippen MR) is 74.7 cm³/mol. The molecule has 0 amide bonds.